The van der Waals surface area contributed by atoms with E-state index >= 15 is 0 Å². The van der Waals surface area contributed by atoms with Gasteiger partial charge in [0.2, 0.25) is 5.91 Å². The molecule has 1 atom stereocenters. The van der Waals surface area contributed by atoms with Crippen LogP contribution < -0.4 is 11.3 Å². The normalized spacial score (nSPS) is 12.1. The zero-order chi connectivity index (χ0) is 14.4. The van der Waals surface area contributed by atoms with Crippen molar-refractivity contribution in [1.29, 1.82) is 0 Å². The second-order valence-electron chi connectivity index (χ2n) is 3.82. The van der Waals surface area contributed by atoms with Gasteiger partial charge in [0.25, 0.3) is 0 Å². The van der Waals surface area contributed by atoms with E-state index in [-0.39, 0.29) is 11.8 Å². The molecule has 1 unspecified atom stereocenters. The van der Waals surface area contributed by atoms with Gasteiger partial charge in [-0.15, -0.1) is 10.2 Å². The van der Waals surface area contributed by atoms with Gasteiger partial charge in [-0.25, -0.2) is 5.84 Å². The molecular weight excluding hydrogens is 312 g/mol. The van der Waals surface area contributed by atoms with Gasteiger partial charge in [0.1, 0.15) is 0 Å². The Morgan fingerprint density at radius 2 is 2.05 bits per heavy atom. The molecule has 0 aliphatic heterocycles. The summed E-state index contributed by atoms with van der Waals surface area (Å²) in [7, 11) is 0. The molecule has 0 aliphatic carbocycles. The van der Waals surface area contributed by atoms with E-state index in [1.165, 1.54) is 23.1 Å². The number of nitrogens with zero attached hydrogens (tertiary/aromatic N) is 2. The van der Waals surface area contributed by atoms with Crippen LogP contribution in [-0.4, -0.2) is 28.1 Å². The molecule has 106 valence electrons. The maximum Gasteiger partial charge on any atom is 0.242 e. The number of amides is 1. The van der Waals surface area contributed by atoms with Crippen molar-refractivity contribution < 1.29 is 4.79 Å². The minimum atomic E-state index is -0.298. The topological polar surface area (TPSA) is 80.9 Å². The van der Waals surface area contributed by atoms with Crippen molar-refractivity contribution in [2.45, 2.75) is 14.6 Å². The van der Waals surface area contributed by atoms with E-state index in [1.807, 2.05) is 36.6 Å². The van der Waals surface area contributed by atoms with Gasteiger partial charge in [-0.2, -0.15) is 0 Å². The molecule has 0 bridgehead atoms. The number of hydrazine groups is 1. The van der Waals surface area contributed by atoms with E-state index in [4.69, 9.17) is 5.84 Å². The zero-order valence-electron chi connectivity index (χ0n) is 10.8. The summed E-state index contributed by atoms with van der Waals surface area (Å²) < 4.78 is 1.78. The second-order valence-corrected chi connectivity index (χ2v) is 7.12. The summed E-state index contributed by atoms with van der Waals surface area (Å²) in [5.74, 6) is 5.35. The molecule has 0 radical (unpaired) electrons. The molecule has 1 heterocycles. The minimum absolute atomic E-state index is 0.196. The van der Waals surface area contributed by atoms with Gasteiger partial charge in [-0.1, -0.05) is 65.2 Å². The highest BCUT2D eigenvalue weighted by Crippen LogP contribution is 2.31. The van der Waals surface area contributed by atoms with Crippen molar-refractivity contribution in [2.24, 2.45) is 5.84 Å². The van der Waals surface area contributed by atoms with Gasteiger partial charge in [0, 0.05) is 5.75 Å². The predicted molar refractivity (Wildman–Crippen MR) is 83.9 cm³/mol. The minimum Gasteiger partial charge on any atom is -0.294 e. The van der Waals surface area contributed by atoms with Crippen molar-refractivity contribution in [3.05, 3.63) is 35.9 Å². The number of benzene rings is 1. The first kappa shape index (κ1) is 15.3. The average Bonchev–Trinajstić information content (AvgIpc) is 2.96. The first-order valence-corrected chi connectivity index (χ1v) is 8.83. The monoisotopic (exact) mass is 326 g/mol. The van der Waals surface area contributed by atoms with Gasteiger partial charge in [-0.05, 0) is 11.8 Å². The van der Waals surface area contributed by atoms with Crippen LogP contribution in [0.25, 0.3) is 0 Å². The average molecular weight is 326 g/mol. The predicted octanol–water partition coefficient (Wildman–Crippen LogP) is 2.13. The second kappa shape index (κ2) is 7.63. The molecule has 0 spiro atoms. The largest absolute Gasteiger partial charge is 0.294 e. The Labute approximate surface area is 129 Å². The third kappa shape index (κ3) is 3.95. The lowest BCUT2D eigenvalue weighted by molar-refractivity contribution is -0.122. The van der Waals surface area contributed by atoms with Crippen LogP contribution in [0, 0.1) is 0 Å². The van der Waals surface area contributed by atoms with E-state index < -0.39 is 0 Å². The highest BCUT2D eigenvalue weighted by Gasteiger charge is 2.20. The molecule has 0 fully saturated rings. The summed E-state index contributed by atoms with van der Waals surface area (Å²) >= 11 is 4.61. The van der Waals surface area contributed by atoms with E-state index in [2.05, 4.69) is 15.6 Å². The Morgan fingerprint density at radius 1 is 1.35 bits per heavy atom. The number of carbonyl (C=O) groups is 1. The molecule has 1 aromatic carbocycles. The summed E-state index contributed by atoms with van der Waals surface area (Å²) in [6.45, 7) is 0. The van der Waals surface area contributed by atoms with Crippen LogP contribution in [0.15, 0.2) is 39.0 Å². The van der Waals surface area contributed by atoms with E-state index in [0.717, 1.165) is 14.2 Å². The standard InChI is InChI=1S/C12H14N4OS3/c1-18-11-15-16-12(20-11)19-7-9(10(17)14-13)8-5-3-2-4-6-8/h2-6,9H,7,13H2,1H3,(H,14,17). The van der Waals surface area contributed by atoms with Gasteiger partial charge < -0.3 is 0 Å². The molecule has 8 heteroatoms. The van der Waals surface area contributed by atoms with Crippen molar-refractivity contribution >= 4 is 40.8 Å². The molecule has 1 amide bonds. The summed E-state index contributed by atoms with van der Waals surface area (Å²) in [6, 6.07) is 9.59. The molecule has 2 rings (SSSR count). The fourth-order valence-corrected chi connectivity index (χ4v) is 4.19. The smallest absolute Gasteiger partial charge is 0.242 e. The van der Waals surface area contributed by atoms with Crippen molar-refractivity contribution in [1.82, 2.24) is 15.6 Å². The van der Waals surface area contributed by atoms with Crippen LogP contribution in [0.1, 0.15) is 11.5 Å². The lowest BCUT2D eigenvalue weighted by Gasteiger charge is -2.14. The van der Waals surface area contributed by atoms with Gasteiger partial charge in [-0.3, -0.25) is 10.2 Å². The van der Waals surface area contributed by atoms with E-state index in [1.54, 1.807) is 11.8 Å². The first-order chi connectivity index (χ1) is 9.74. The summed E-state index contributed by atoms with van der Waals surface area (Å²) in [5.41, 5.74) is 3.17. The molecule has 20 heavy (non-hydrogen) atoms. The summed E-state index contributed by atoms with van der Waals surface area (Å²) in [5, 5.41) is 8.12. The number of aromatic nitrogens is 2. The maximum absolute atomic E-state index is 11.9. The molecule has 0 saturated heterocycles. The third-order valence-corrected chi connectivity index (χ3v) is 5.72. The molecular formula is C12H14N4OS3. The van der Waals surface area contributed by atoms with Crippen molar-refractivity contribution in [3.8, 4) is 0 Å². The number of nitrogens with one attached hydrogen (secondary N) is 1. The number of carbonyl (C=O) groups excluding carboxylic acids is 1. The molecule has 1 aromatic heterocycles. The molecule has 2 aromatic rings. The molecule has 0 saturated carbocycles. The Bertz CT molecular complexity index is 561. The van der Waals surface area contributed by atoms with Gasteiger partial charge in [0.15, 0.2) is 8.68 Å². The Morgan fingerprint density at radius 3 is 2.65 bits per heavy atom. The first-order valence-electron chi connectivity index (χ1n) is 5.80. The van der Waals surface area contributed by atoms with Gasteiger partial charge in [0.05, 0.1) is 5.92 Å². The van der Waals surface area contributed by atoms with Crippen LogP contribution >= 0.6 is 34.9 Å². The van der Waals surface area contributed by atoms with Crippen molar-refractivity contribution in [3.63, 3.8) is 0 Å². The fourth-order valence-electron chi connectivity index (χ4n) is 1.60. The number of hydrogen-bond acceptors (Lipinski definition) is 7. The van der Waals surface area contributed by atoms with Gasteiger partial charge >= 0.3 is 0 Å². The van der Waals surface area contributed by atoms with Crippen molar-refractivity contribution in [2.75, 3.05) is 12.0 Å². The van der Waals surface area contributed by atoms with Crippen LogP contribution in [0.4, 0.5) is 0 Å². The van der Waals surface area contributed by atoms with E-state index in [9.17, 15) is 4.79 Å². The number of hydrogen-bond donors (Lipinski definition) is 2. The lowest BCUT2D eigenvalue weighted by atomic mass is 10.0. The van der Waals surface area contributed by atoms with Crippen LogP contribution in [0.5, 0.6) is 0 Å². The fraction of sp³-hybridized carbons (Fsp3) is 0.250. The molecule has 3 N–H and O–H groups in total. The molecule has 5 nitrogen and oxygen atoms in total. The van der Waals surface area contributed by atoms with Crippen LogP contribution in [-0.2, 0) is 4.79 Å². The number of rotatable bonds is 6. The highest BCUT2D eigenvalue weighted by molar-refractivity contribution is 8.03. The zero-order valence-corrected chi connectivity index (χ0v) is 13.2. The Kier molecular flexibility index (Phi) is 5.84. The van der Waals surface area contributed by atoms with Crippen LogP contribution in [0.3, 0.4) is 0 Å². The SMILES string of the molecule is CSc1nnc(SCC(C(=O)NN)c2ccccc2)s1. The quantitative estimate of drug-likeness (QED) is 0.366. The Balaban J connectivity index is 2.07. The summed E-state index contributed by atoms with van der Waals surface area (Å²) in [6.07, 6.45) is 1.96. The molecule has 0 aliphatic rings. The third-order valence-electron chi connectivity index (χ3n) is 2.60. The lowest BCUT2D eigenvalue weighted by Crippen LogP contribution is -2.35. The van der Waals surface area contributed by atoms with E-state index in [0.29, 0.717) is 5.75 Å². The number of nitrogens with two attached hydrogens (primary N) is 1. The highest BCUT2D eigenvalue weighted by atomic mass is 32.2. The maximum atomic E-state index is 11.9. The Hall–Kier alpha value is -1.09. The number of thioether (sulfide) groups is 2. The summed E-state index contributed by atoms with van der Waals surface area (Å²) in [4.78, 5) is 11.9. The van der Waals surface area contributed by atoms with Crippen LogP contribution in [0.2, 0.25) is 0 Å².